The van der Waals surface area contributed by atoms with E-state index in [1.807, 2.05) is 0 Å². The highest BCUT2D eigenvalue weighted by atomic mass is 32.1. The van der Waals surface area contributed by atoms with E-state index >= 15 is 0 Å². The first-order chi connectivity index (χ1) is 10.7. The Morgan fingerprint density at radius 1 is 1.23 bits per heavy atom. The molecule has 0 spiro atoms. The summed E-state index contributed by atoms with van der Waals surface area (Å²) in [6.07, 6.45) is 7.84. The summed E-state index contributed by atoms with van der Waals surface area (Å²) < 4.78 is 1.56. The smallest absolute Gasteiger partial charge is 0.263 e. The number of likely N-dealkylation sites (tertiary alicyclic amines) is 1. The number of carbonyl (C=O) groups excluding carboxylic acids is 1. The Morgan fingerprint density at radius 3 is 2.82 bits per heavy atom. The Kier molecular flexibility index (Phi) is 3.29. The van der Waals surface area contributed by atoms with Crippen LogP contribution in [0.15, 0.2) is 11.1 Å². The van der Waals surface area contributed by atoms with Crippen molar-refractivity contribution in [1.82, 2.24) is 14.5 Å². The van der Waals surface area contributed by atoms with E-state index in [0.29, 0.717) is 13.0 Å². The van der Waals surface area contributed by atoms with Gasteiger partial charge in [0.25, 0.3) is 5.56 Å². The maximum Gasteiger partial charge on any atom is 0.263 e. The van der Waals surface area contributed by atoms with Crippen molar-refractivity contribution < 1.29 is 4.79 Å². The van der Waals surface area contributed by atoms with Crippen LogP contribution in [0.4, 0.5) is 0 Å². The molecule has 2 aromatic heterocycles. The molecule has 0 saturated carbocycles. The molecule has 1 aliphatic heterocycles. The molecule has 3 heterocycles. The van der Waals surface area contributed by atoms with Crippen LogP contribution in [0.5, 0.6) is 0 Å². The fourth-order valence-corrected chi connectivity index (χ4v) is 4.84. The van der Waals surface area contributed by atoms with Crippen molar-refractivity contribution in [2.24, 2.45) is 0 Å². The summed E-state index contributed by atoms with van der Waals surface area (Å²) in [5.74, 6) is 0.0181. The van der Waals surface area contributed by atoms with Crippen LogP contribution in [0.2, 0.25) is 0 Å². The summed E-state index contributed by atoms with van der Waals surface area (Å²) in [6, 6.07) is -0.379. The molecule has 0 radical (unpaired) electrons. The second-order valence-corrected chi connectivity index (χ2v) is 7.35. The third kappa shape index (κ3) is 2.00. The van der Waals surface area contributed by atoms with E-state index in [1.165, 1.54) is 23.3 Å². The zero-order valence-electron chi connectivity index (χ0n) is 12.7. The van der Waals surface area contributed by atoms with Crippen LogP contribution in [0.25, 0.3) is 10.2 Å². The van der Waals surface area contributed by atoms with Gasteiger partial charge in [0.15, 0.2) is 0 Å². The zero-order valence-corrected chi connectivity index (χ0v) is 13.5. The average molecular weight is 317 g/mol. The number of rotatable bonds is 1. The summed E-state index contributed by atoms with van der Waals surface area (Å²) >= 11 is 1.66. The number of aryl methyl sites for hydroxylation is 2. The minimum Gasteiger partial charge on any atom is -0.344 e. The first kappa shape index (κ1) is 13.9. The normalized spacial score (nSPS) is 22.1. The molecule has 1 aliphatic carbocycles. The largest absolute Gasteiger partial charge is 0.344 e. The molecule has 2 aromatic rings. The van der Waals surface area contributed by atoms with Crippen LogP contribution in [0, 0.1) is 0 Å². The molecule has 116 valence electrons. The third-order valence-electron chi connectivity index (χ3n) is 4.89. The third-order valence-corrected chi connectivity index (χ3v) is 6.09. The maximum atomic E-state index is 13.0. The van der Waals surface area contributed by atoms with E-state index in [0.717, 1.165) is 29.5 Å². The number of likely N-dealkylation sites (N-methyl/N-ethyl adjacent to an activating group) is 1. The van der Waals surface area contributed by atoms with Gasteiger partial charge in [-0.3, -0.25) is 14.2 Å². The molecule has 0 unspecified atom stereocenters. The average Bonchev–Trinajstić information content (AvgIpc) is 2.93. The standard InChI is InChI=1S/C16H19N3O2S/c1-18-8-7-11(15(18)20)19-9-17-14-13(16(19)21)10-5-3-2-4-6-12(10)22-14/h9,11H,2-8H2,1H3/t11-/m1/s1. The van der Waals surface area contributed by atoms with Crippen LogP contribution in [0.1, 0.15) is 42.2 Å². The highest BCUT2D eigenvalue weighted by Gasteiger charge is 2.32. The van der Waals surface area contributed by atoms with Gasteiger partial charge in [0.1, 0.15) is 10.9 Å². The first-order valence-corrected chi connectivity index (χ1v) is 8.75. The van der Waals surface area contributed by atoms with Gasteiger partial charge in [-0.25, -0.2) is 4.98 Å². The molecule has 1 fully saturated rings. The van der Waals surface area contributed by atoms with Crippen LogP contribution in [-0.2, 0) is 17.6 Å². The van der Waals surface area contributed by atoms with Crippen molar-refractivity contribution in [3.05, 3.63) is 27.1 Å². The lowest BCUT2D eigenvalue weighted by Crippen LogP contribution is -2.31. The number of aromatic nitrogens is 2. The minimum absolute atomic E-state index is 0.0181. The highest BCUT2D eigenvalue weighted by Crippen LogP contribution is 2.33. The molecule has 0 bridgehead atoms. The summed E-state index contributed by atoms with van der Waals surface area (Å²) in [5, 5.41) is 0.770. The van der Waals surface area contributed by atoms with Crippen molar-refractivity contribution in [2.75, 3.05) is 13.6 Å². The number of thiophene rings is 1. The highest BCUT2D eigenvalue weighted by molar-refractivity contribution is 7.18. The quantitative estimate of drug-likeness (QED) is 0.757. The van der Waals surface area contributed by atoms with Gasteiger partial charge in [-0.15, -0.1) is 11.3 Å². The fraction of sp³-hybridized carbons (Fsp3) is 0.562. The molecule has 2 aliphatic rings. The summed E-state index contributed by atoms with van der Waals surface area (Å²) in [7, 11) is 1.79. The van der Waals surface area contributed by atoms with Crippen molar-refractivity contribution in [1.29, 1.82) is 0 Å². The molecular weight excluding hydrogens is 298 g/mol. The lowest BCUT2D eigenvalue weighted by atomic mass is 10.1. The van der Waals surface area contributed by atoms with Gasteiger partial charge in [-0.05, 0) is 37.7 Å². The predicted molar refractivity (Wildman–Crippen MR) is 86.4 cm³/mol. The number of hydrogen-bond donors (Lipinski definition) is 0. The van der Waals surface area contributed by atoms with Crippen LogP contribution >= 0.6 is 11.3 Å². The molecule has 5 nitrogen and oxygen atoms in total. The molecule has 1 saturated heterocycles. The number of hydrogen-bond acceptors (Lipinski definition) is 4. The van der Waals surface area contributed by atoms with Gasteiger partial charge in [0, 0.05) is 18.5 Å². The second kappa shape index (κ2) is 5.19. The van der Waals surface area contributed by atoms with Gasteiger partial charge in [0.2, 0.25) is 5.91 Å². The van der Waals surface area contributed by atoms with Crippen molar-refractivity contribution in [2.45, 2.75) is 44.6 Å². The van der Waals surface area contributed by atoms with Gasteiger partial charge >= 0.3 is 0 Å². The lowest BCUT2D eigenvalue weighted by Gasteiger charge is -2.13. The topological polar surface area (TPSA) is 55.2 Å². The van der Waals surface area contributed by atoms with Crippen molar-refractivity contribution in [3.63, 3.8) is 0 Å². The van der Waals surface area contributed by atoms with E-state index in [2.05, 4.69) is 4.98 Å². The Bertz CT molecular complexity index is 808. The molecule has 22 heavy (non-hydrogen) atoms. The van der Waals surface area contributed by atoms with Gasteiger partial charge < -0.3 is 4.90 Å². The van der Waals surface area contributed by atoms with Crippen LogP contribution < -0.4 is 5.56 Å². The number of nitrogens with zero attached hydrogens (tertiary/aromatic N) is 3. The van der Waals surface area contributed by atoms with E-state index < -0.39 is 0 Å². The monoisotopic (exact) mass is 317 g/mol. The Balaban J connectivity index is 1.88. The summed E-state index contributed by atoms with van der Waals surface area (Å²) in [4.78, 5) is 33.5. The molecule has 4 rings (SSSR count). The fourth-order valence-electron chi connectivity index (χ4n) is 3.62. The SMILES string of the molecule is CN1CC[C@@H](n2cnc3sc4c(c3c2=O)CCCCC4)C1=O. The Labute approximate surface area is 132 Å². The van der Waals surface area contributed by atoms with E-state index in [1.54, 1.807) is 34.2 Å². The van der Waals surface area contributed by atoms with Gasteiger partial charge in [-0.2, -0.15) is 0 Å². The number of carbonyl (C=O) groups is 1. The number of amides is 1. The van der Waals surface area contributed by atoms with Crippen LogP contribution in [-0.4, -0.2) is 34.0 Å². The van der Waals surface area contributed by atoms with E-state index in [9.17, 15) is 9.59 Å². The van der Waals surface area contributed by atoms with Gasteiger partial charge in [-0.1, -0.05) is 6.42 Å². The molecule has 0 aromatic carbocycles. The Morgan fingerprint density at radius 2 is 2.05 bits per heavy atom. The molecule has 6 heteroatoms. The minimum atomic E-state index is -0.379. The molecular formula is C16H19N3O2S. The Hall–Kier alpha value is -1.69. The summed E-state index contributed by atoms with van der Waals surface area (Å²) in [5.41, 5.74) is 1.17. The van der Waals surface area contributed by atoms with Crippen molar-refractivity contribution >= 4 is 27.5 Å². The second-order valence-electron chi connectivity index (χ2n) is 6.27. The first-order valence-electron chi connectivity index (χ1n) is 7.93. The van der Waals surface area contributed by atoms with E-state index in [4.69, 9.17) is 0 Å². The van der Waals surface area contributed by atoms with Crippen molar-refractivity contribution in [3.8, 4) is 0 Å². The molecule has 0 N–H and O–H groups in total. The summed E-state index contributed by atoms with van der Waals surface area (Å²) in [6.45, 7) is 0.704. The van der Waals surface area contributed by atoms with E-state index in [-0.39, 0.29) is 17.5 Å². The zero-order chi connectivity index (χ0) is 15.3. The number of fused-ring (bicyclic) bond motifs is 3. The molecule has 1 amide bonds. The maximum absolute atomic E-state index is 13.0. The van der Waals surface area contributed by atoms with Crippen LogP contribution in [0.3, 0.4) is 0 Å². The predicted octanol–water partition coefficient (Wildman–Crippen LogP) is 2.13. The lowest BCUT2D eigenvalue weighted by molar-refractivity contribution is -0.129. The van der Waals surface area contributed by atoms with Gasteiger partial charge in [0.05, 0.1) is 11.7 Å². The molecule has 1 atom stereocenters.